The van der Waals surface area contributed by atoms with Crippen molar-refractivity contribution in [1.82, 2.24) is 4.57 Å². The number of fused-ring (bicyclic) bond motifs is 1. The molecule has 0 atom stereocenters. The van der Waals surface area contributed by atoms with Crippen molar-refractivity contribution in [2.75, 3.05) is 6.61 Å². The molecule has 0 aliphatic rings. The Morgan fingerprint density at radius 2 is 1.80 bits per heavy atom. The first-order valence-electron chi connectivity index (χ1n) is 8.02. The Hall–Kier alpha value is -3.15. The second kappa shape index (κ2) is 7.17. The summed E-state index contributed by atoms with van der Waals surface area (Å²) in [7, 11) is 0. The third-order valence-corrected chi connectivity index (χ3v) is 3.74. The lowest BCUT2D eigenvalue weighted by Crippen LogP contribution is -2.07. The molecule has 0 unspecified atom stereocenters. The van der Waals surface area contributed by atoms with Gasteiger partial charge < -0.3 is 14.4 Å². The number of benzene rings is 2. The maximum atomic E-state index is 11.9. The smallest absolute Gasteiger partial charge is 0.302 e. The second-order valence-electron chi connectivity index (χ2n) is 5.85. The van der Waals surface area contributed by atoms with E-state index in [0.29, 0.717) is 5.75 Å². The van der Waals surface area contributed by atoms with E-state index in [4.69, 9.17) is 4.74 Å². The van der Waals surface area contributed by atoms with Gasteiger partial charge in [0.25, 0.3) is 0 Å². The maximum absolute atomic E-state index is 11.9. The van der Waals surface area contributed by atoms with E-state index in [1.54, 1.807) is 16.7 Å². The van der Waals surface area contributed by atoms with Crippen LogP contribution in [0.25, 0.3) is 10.9 Å². The van der Waals surface area contributed by atoms with E-state index in [2.05, 4.69) is 10.2 Å². The summed E-state index contributed by atoms with van der Waals surface area (Å²) in [6.45, 7) is 3.72. The van der Waals surface area contributed by atoms with Crippen LogP contribution < -0.4 is 4.74 Å². The van der Waals surface area contributed by atoms with E-state index >= 15 is 0 Å². The molecule has 0 aliphatic carbocycles. The number of hydrogen-bond donors (Lipinski definition) is 1. The molecule has 25 heavy (non-hydrogen) atoms. The van der Waals surface area contributed by atoms with Gasteiger partial charge in [-0.25, -0.2) is 0 Å². The Morgan fingerprint density at radius 1 is 1.12 bits per heavy atom. The van der Waals surface area contributed by atoms with Crippen molar-refractivity contribution in [2.24, 2.45) is 10.2 Å². The molecule has 0 aliphatic heterocycles. The van der Waals surface area contributed by atoms with Crippen LogP contribution in [0.4, 0.5) is 5.69 Å². The molecule has 1 aromatic heterocycles. The SMILES string of the molecule is CC(C)n1c(O)c(N=NC(=O)COc2ccccc2)c2ccccc21. The zero-order chi connectivity index (χ0) is 17.8. The van der Waals surface area contributed by atoms with Gasteiger partial charge in [0.1, 0.15) is 5.75 Å². The molecule has 0 fully saturated rings. The Labute approximate surface area is 145 Å². The van der Waals surface area contributed by atoms with Crippen LogP contribution in [0.1, 0.15) is 19.9 Å². The van der Waals surface area contributed by atoms with Crippen LogP contribution in [0, 0.1) is 0 Å². The van der Waals surface area contributed by atoms with Gasteiger partial charge in [-0.05, 0) is 32.0 Å². The fourth-order valence-corrected chi connectivity index (χ4v) is 2.65. The molecule has 1 N–H and O–H groups in total. The average Bonchev–Trinajstić information content (AvgIpc) is 2.90. The summed E-state index contributed by atoms with van der Waals surface area (Å²) >= 11 is 0. The van der Waals surface area contributed by atoms with Crippen molar-refractivity contribution in [3.8, 4) is 11.6 Å². The predicted molar refractivity (Wildman–Crippen MR) is 95.4 cm³/mol. The molecule has 3 rings (SSSR count). The minimum atomic E-state index is -0.523. The summed E-state index contributed by atoms with van der Waals surface area (Å²) in [5.74, 6) is 0.0617. The molecule has 6 nitrogen and oxygen atoms in total. The Morgan fingerprint density at radius 3 is 2.52 bits per heavy atom. The van der Waals surface area contributed by atoms with Crippen LogP contribution in [0.5, 0.6) is 11.6 Å². The first-order valence-corrected chi connectivity index (χ1v) is 8.02. The highest BCUT2D eigenvalue weighted by Crippen LogP contribution is 2.40. The molecule has 1 amide bonds. The number of carbonyl (C=O) groups excluding carboxylic acids is 1. The first-order chi connectivity index (χ1) is 12.1. The molecule has 3 aromatic rings. The van der Waals surface area contributed by atoms with Crippen LogP contribution in [0.15, 0.2) is 64.8 Å². The average molecular weight is 337 g/mol. The number of nitrogens with zero attached hydrogens (tertiary/aromatic N) is 3. The lowest BCUT2D eigenvalue weighted by molar-refractivity contribution is -0.120. The molecule has 0 spiro atoms. The van der Waals surface area contributed by atoms with Crippen LogP contribution in [0.2, 0.25) is 0 Å². The zero-order valence-electron chi connectivity index (χ0n) is 14.1. The number of carbonyl (C=O) groups is 1. The second-order valence-corrected chi connectivity index (χ2v) is 5.85. The topological polar surface area (TPSA) is 76.2 Å². The van der Waals surface area contributed by atoms with Gasteiger partial charge in [-0.15, -0.1) is 10.2 Å². The zero-order valence-corrected chi connectivity index (χ0v) is 14.1. The van der Waals surface area contributed by atoms with Crippen molar-refractivity contribution in [3.63, 3.8) is 0 Å². The molecule has 0 saturated heterocycles. The summed E-state index contributed by atoms with van der Waals surface area (Å²) in [6, 6.07) is 16.5. The monoisotopic (exact) mass is 337 g/mol. The largest absolute Gasteiger partial charge is 0.493 e. The minimum Gasteiger partial charge on any atom is -0.493 e. The van der Waals surface area contributed by atoms with Gasteiger partial charge in [-0.1, -0.05) is 36.4 Å². The van der Waals surface area contributed by atoms with Crippen molar-refractivity contribution in [2.45, 2.75) is 19.9 Å². The number of para-hydroxylation sites is 2. The third-order valence-electron chi connectivity index (χ3n) is 3.74. The number of ether oxygens (including phenoxy) is 1. The van der Waals surface area contributed by atoms with E-state index < -0.39 is 5.91 Å². The molecular formula is C19H19N3O3. The van der Waals surface area contributed by atoms with Crippen molar-refractivity contribution >= 4 is 22.5 Å². The van der Waals surface area contributed by atoms with Crippen LogP contribution in [-0.4, -0.2) is 22.2 Å². The Bertz CT molecular complexity index is 914. The minimum absolute atomic E-state index is 0.00303. The number of aromatic hydroxyl groups is 1. The highest BCUT2D eigenvalue weighted by atomic mass is 16.5. The Balaban J connectivity index is 1.81. The van der Waals surface area contributed by atoms with Crippen LogP contribution in [0.3, 0.4) is 0 Å². The van der Waals surface area contributed by atoms with Gasteiger partial charge >= 0.3 is 5.91 Å². The van der Waals surface area contributed by atoms with Crippen molar-refractivity contribution in [1.29, 1.82) is 0 Å². The van der Waals surface area contributed by atoms with Gasteiger partial charge in [0.05, 0.1) is 5.52 Å². The van der Waals surface area contributed by atoms with Gasteiger partial charge in [0, 0.05) is 11.4 Å². The standard InChI is InChI=1S/C19H19N3O3/c1-13(2)22-16-11-7-6-10-15(16)18(19(22)24)21-20-17(23)12-25-14-8-4-3-5-9-14/h3-11,13,24H,12H2,1-2H3. The summed E-state index contributed by atoms with van der Waals surface area (Å²) in [4.78, 5) is 11.9. The Kier molecular flexibility index (Phi) is 4.79. The lowest BCUT2D eigenvalue weighted by atomic mass is 10.2. The van der Waals surface area contributed by atoms with Gasteiger partial charge in [0.2, 0.25) is 5.88 Å². The molecule has 0 radical (unpaired) electrons. The highest BCUT2D eigenvalue weighted by Gasteiger charge is 2.18. The van der Waals surface area contributed by atoms with Crippen molar-refractivity contribution in [3.05, 3.63) is 54.6 Å². The lowest BCUT2D eigenvalue weighted by Gasteiger charge is -2.10. The van der Waals surface area contributed by atoms with Gasteiger partial charge in [0.15, 0.2) is 12.3 Å². The molecule has 2 aromatic carbocycles. The van der Waals surface area contributed by atoms with Crippen molar-refractivity contribution < 1.29 is 14.6 Å². The molecule has 128 valence electrons. The van der Waals surface area contributed by atoms with Gasteiger partial charge in [-0.2, -0.15) is 0 Å². The summed E-state index contributed by atoms with van der Waals surface area (Å²) in [5.41, 5.74) is 1.13. The summed E-state index contributed by atoms with van der Waals surface area (Å²) in [5, 5.41) is 18.9. The number of aromatic nitrogens is 1. The number of amides is 1. The predicted octanol–water partition coefficient (Wildman–Crippen LogP) is 4.62. The highest BCUT2D eigenvalue weighted by molar-refractivity contribution is 5.95. The molecule has 6 heteroatoms. The fraction of sp³-hybridized carbons (Fsp3) is 0.211. The van der Waals surface area contributed by atoms with E-state index in [-0.39, 0.29) is 24.2 Å². The third kappa shape index (κ3) is 3.52. The van der Waals surface area contributed by atoms with E-state index in [0.717, 1.165) is 10.9 Å². The van der Waals surface area contributed by atoms with Gasteiger partial charge in [-0.3, -0.25) is 4.79 Å². The summed E-state index contributed by atoms with van der Waals surface area (Å²) in [6.07, 6.45) is 0. The quantitative estimate of drug-likeness (QED) is 0.690. The number of rotatable bonds is 5. The van der Waals surface area contributed by atoms with Crippen LogP contribution >= 0.6 is 0 Å². The normalized spacial score (nSPS) is 11.5. The molecule has 1 heterocycles. The number of hydrogen-bond acceptors (Lipinski definition) is 4. The fourth-order valence-electron chi connectivity index (χ4n) is 2.65. The number of azo groups is 1. The maximum Gasteiger partial charge on any atom is 0.302 e. The van der Waals surface area contributed by atoms with E-state index in [9.17, 15) is 9.90 Å². The van der Waals surface area contributed by atoms with E-state index in [1.807, 2.05) is 56.3 Å². The molecular weight excluding hydrogens is 318 g/mol. The molecule has 0 bridgehead atoms. The molecule has 0 saturated carbocycles. The van der Waals surface area contributed by atoms with Crippen LogP contribution in [-0.2, 0) is 4.79 Å². The first kappa shape index (κ1) is 16.7. The summed E-state index contributed by atoms with van der Waals surface area (Å²) < 4.78 is 7.10. The van der Waals surface area contributed by atoms with E-state index in [1.165, 1.54) is 0 Å².